The van der Waals surface area contributed by atoms with Crippen molar-refractivity contribution in [3.8, 4) is 0 Å². The van der Waals surface area contributed by atoms with Gasteiger partial charge in [0, 0.05) is 31.9 Å². The number of hydrogen-bond donors (Lipinski definition) is 3. The number of nitrogens with zero attached hydrogens (tertiary/aromatic N) is 2. The standard InChI is InChI=1S/C19H27ClN4OS/c20-14-12-15-16(13-17(14)24-9-7-21-8-10-24)23-18(22-15)26-11-6-19(25)4-2-1-3-5-19/h12-13,21,25H,1-11H2,(H,22,23). The minimum Gasteiger partial charge on any atom is -0.390 e. The number of benzene rings is 1. The number of anilines is 1. The Bertz CT molecular complexity index is 753. The number of piperazine rings is 1. The summed E-state index contributed by atoms with van der Waals surface area (Å²) < 4.78 is 0. The molecule has 2 aliphatic rings. The number of H-pyrrole nitrogens is 1. The van der Waals surface area contributed by atoms with Gasteiger partial charge in [0.25, 0.3) is 0 Å². The average Bonchev–Trinajstić information content (AvgIpc) is 3.03. The Balaban J connectivity index is 1.43. The van der Waals surface area contributed by atoms with Crippen molar-refractivity contribution in [2.24, 2.45) is 0 Å². The highest BCUT2D eigenvalue weighted by atomic mass is 35.5. The first-order valence-corrected chi connectivity index (χ1v) is 11.0. The van der Waals surface area contributed by atoms with Crippen LogP contribution >= 0.6 is 23.4 Å². The van der Waals surface area contributed by atoms with Crippen LogP contribution in [0.25, 0.3) is 11.0 Å². The fourth-order valence-corrected chi connectivity index (χ4v) is 5.31. The molecule has 0 amide bonds. The first-order valence-electron chi connectivity index (χ1n) is 9.63. The van der Waals surface area contributed by atoms with E-state index >= 15 is 0 Å². The normalized spacial score (nSPS) is 20.6. The Morgan fingerprint density at radius 2 is 1.96 bits per heavy atom. The van der Waals surface area contributed by atoms with E-state index < -0.39 is 5.60 Å². The third kappa shape index (κ3) is 4.14. The Morgan fingerprint density at radius 1 is 1.19 bits per heavy atom. The Morgan fingerprint density at radius 3 is 2.73 bits per heavy atom. The molecule has 2 aromatic rings. The number of nitrogens with one attached hydrogen (secondary N) is 2. The molecule has 0 spiro atoms. The van der Waals surface area contributed by atoms with Gasteiger partial charge in [-0.05, 0) is 31.4 Å². The first kappa shape index (κ1) is 18.4. The molecule has 1 saturated heterocycles. The van der Waals surface area contributed by atoms with Crippen LogP contribution in [0, 0.1) is 0 Å². The second kappa shape index (κ2) is 7.97. The monoisotopic (exact) mass is 394 g/mol. The molecule has 0 radical (unpaired) electrons. The summed E-state index contributed by atoms with van der Waals surface area (Å²) in [4.78, 5) is 10.4. The third-order valence-corrected chi connectivity index (χ3v) is 6.75. The predicted molar refractivity (Wildman–Crippen MR) is 110 cm³/mol. The maximum Gasteiger partial charge on any atom is 0.166 e. The summed E-state index contributed by atoms with van der Waals surface area (Å²) in [6.07, 6.45) is 6.28. The number of thioether (sulfide) groups is 1. The van der Waals surface area contributed by atoms with Crippen molar-refractivity contribution < 1.29 is 5.11 Å². The highest BCUT2D eigenvalue weighted by Gasteiger charge is 2.28. The molecule has 3 N–H and O–H groups in total. The summed E-state index contributed by atoms with van der Waals surface area (Å²) in [5, 5.41) is 15.7. The van der Waals surface area contributed by atoms with Crippen LogP contribution in [-0.2, 0) is 0 Å². The zero-order chi connectivity index (χ0) is 18.0. The maximum atomic E-state index is 10.6. The van der Waals surface area contributed by atoms with Gasteiger partial charge in [-0.3, -0.25) is 0 Å². The summed E-state index contributed by atoms with van der Waals surface area (Å²) in [5.41, 5.74) is 2.55. The van der Waals surface area contributed by atoms with E-state index in [9.17, 15) is 5.11 Å². The molecule has 5 nitrogen and oxygen atoms in total. The number of rotatable bonds is 5. The van der Waals surface area contributed by atoms with E-state index in [0.29, 0.717) is 0 Å². The summed E-state index contributed by atoms with van der Waals surface area (Å²) in [6.45, 7) is 3.91. The van der Waals surface area contributed by atoms with Crippen molar-refractivity contribution >= 4 is 40.1 Å². The highest BCUT2D eigenvalue weighted by Crippen LogP contribution is 2.34. The van der Waals surface area contributed by atoms with E-state index in [-0.39, 0.29) is 0 Å². The molecule has 0 atom stereocenters. The first-order chi connectivity index (χ1) is 12.6. The lowest BCUT2D eigenvalue weighted by atomic mass is 9.83. The Hall–Kier alpha value is -0.950. The lowest BCUT2D eigenvalue weighted by Gasteiger charge is -2.31. The summed E-state index contributed by atoms with van der Waals surface area (Å²) in [5.74, 6) is 0.884. The molecule has 1 aromatic heterocycles. The maximum absolute atomic E-state index is 10.6. The van der Waals surface area contributed by atoms with Gasteiger partial charge in [-0.15, -0.1) is 0 Å². The van der Waals surface area contributed by atoms with Gasteiger partial charge in [0.15, 0.2) is 5.16 Å². The lowest BCUT2D eigenvalue weighted by molar-refractivity contribution is 0.00175. The predicted octanol–water partition coefficient (Wildman–Crippen LogP) is 3.80. The molecule has 1 aliphatic carbocycles. The summed E-state index contributed by atoms with van der Waals surface area (Å²) >= 11 is 8.21. The Kier molecular flexibility index (Phi) is 5.64. The van der Waals surface area contributed by atoms with Gasteiger partial charge in [0.1, 0.15) is 0 Å². The number of hydrogen-bond acceptors (Lipinski definition) is 5. The number of aromatic amines is 1. The van der Waals surface area contributed by atoms with Crippen molar-refractivity contribution in [3.63, 3.8) is 0 Å². The van der Waals surface area contributed by atoms with Crippen molar-refractivity contribution in [2.45, 2.75) is 49.3 Å². The van der Waals surface area contributed by atoms with Crippen LogP contribution in [-0.4, -0.2) is 52.6 Å². The van der Waals surface area contributed by atoms with Gasteiger partial charge in [0.05, 0.1) is 27.3 Å². The van der Waals surface area contributed by atoms with E-state index in [1.807, 2.05) is 6.07 Å². The quantitative estimate of drug-likeness (QED) is 0.673. The van der Waals surface area contributed by atoms with Crippen LogP contribution in [0.5, 0.6) is 0 Å². The second-order valence-corrected chi connectivity index (χ2v) is 8.97. The van der Waals surface area contributed by atoms with Gasteiger partial charge >= 0.3 is 0 Å². The zero-order valence-electron chi connectivity index (χ0n) is 15.1. The van der Waals surface area contributed by atoms with Crippen LogP contribution in [0.3, 0.4) is 0 Å². The zero-order valence-corrected chi connectivity index (χ0v) is 16.6. The SMILES string of the molecule is OC1(CCSc2nc3cc(N4CCNCC4)c(Cl)cc3[nH]2)CCCCC1. The van der Waals surface area contributed by atoms with E-state index in [2.05, 4.69) is 21.3 Å². The molecule has 1 aromatic carbocycles. The number of aliphatic hydroxyl groups is 1. The minimum atomic E-state index is -0.462. The molecule has 7 heteroatoms. The molecule has 2 fully saturated rings. The van der Waals surface area contributed by atoms with Crippen molar-refractivity contribution in [3.05, 3.63) is 17.2 Å². The van der Waals surface area contributed by atoms with Gasteiger partial charge < -0.3 is 20.3 Å². The second-order valence-electron chi connectivity index (χ2n) is 7.48. The molecule has 1 saturated carbocycles. The smallest absolute Gasteiger partial charge is 0.166 e. The van der Waals surface area contributed by atoms with E-state index in [1.54, 1.807) is 11.8 Å². The Labute approximate surface area is 163 Å². The fourth-order valence-electron chi connectivity index (χ4n) is 4.01. The molecule has 142 valence electrons. The molecule has 2 heterocycles. The number of fused-ring (bicyclic) bond motifs is 1. The summed E-state index contributed by atoms with van der Waals surface area (Å²) in [7, 11) is 0. The minimum absolute atomic E-state index is 0.462. The topological polar surface area (TPSA) is 64.2 Å². The molecule has 0 bridgehead atoms. The number of aromatic nitrogens is 2. The lowest BCUT2D eigenvalue weighted by Crippen LogP contribution is -2.43. The largest absolute Gasteiger partial charge is 0.390 e. The van der Waals surface area contributed by atoms with Gasteiger partial charge in [-0.2, -0.15) is 0 Å². The van der Waals surface area contributed by atoms with Crippen LogP contribution in [0.2, 0.25) is 5.02 Å². The molecular weight excluding hydrogens is 368 g/mol. The van der Waals surface area contributed by atoms with E-state index in [4.69, 9.17) is 16.6 Å². The van der Waals surface area contributed by atoms with Gasteiger partial charge in [-0.1, -0.05) is 42.6 Å². The molecule has 4 rings (SSSR count). The highest BCUT2D eigenvalue weighted by molar-refractivity contribution is 7.99. The van der Waals surface area contributed by atoms with Gasteiger partial charge in [-0.25, -0.2) is 4.98 Å². The van der Waals surface area contributed by atoms with Crippen LogP contribution in [0.4, 0.5) is 5.69 Å². The fraction of sp³-hybridized carbons (Fsp3) is 0.632. The van der Waals surface area contributed by atoms with E-state index in [1.165, 1.54) is 6.42 Å². The van der Waals surface area contributed by atoms with Crippen molar-refractivity contribution in [1.29, 1.82) is 0 Å². The average molecular weight is 395 g/mol. The van der Waals surface area contributed by atoms with Crippen LogP contribution in [0.15, 0.2) is 17.3 Å². The van der Waals surface area contributed by atoms with Gasteiger partial charge in [0.2, 0.25) is 0 Å². The number of halogens is 1. The van der Waals surface area contributed by atoms with Crippen LogP contribution < -0.4 is 10.2 Å². The van der Waals surface area contributed by atoms with Crippen molar-refractivity contribution in [1.82, 2.24) is 15.3 Å². The summed E-state index contributed by atoms with van der Waals surface area (Å²) in [6, 6.07) is 4.08. The molecule has 1 aliphatic heterocycles. The molecule has 26 heavy (non-hydrogen) atoms. The van der Waals surface area contributed by atoms with Crippen molar-refractivity contribution in [2.75, 3.05) is 36.8 Å². The van der Waals surface area contributed by atoms with E-state index in [0.717, 1.165) is 90.9 Å². The third-order valence-electron chi connectivity index (χ3n) is 5.58. The number of imidazole rings is 1. The molecular formula is C19H27ClN4OS. The molecule has 0 unspecified atom stereocenters. The van der Waals surface area contributed by atoms with Crippen LogP contribution in [0.1, 0.15) is 38.5 Å².